The van der Waals surface area contributed by atoms with Crippen LogP contribution in [-0.2, 0) is 40.5 Å². The summed E-state index contributed by atoms with van der Waals surface area (Å²) < 4.78 is 29.5. The largest absolute Gasteiger partial charge is 0.344 e. The number of benzene rings is 4. The lowest BCUT2D eigenvalue weighted by molar-refractivity contribution is -0.197. The number of sulfonamides is 1. The van der Waals surface area contributed by atoms with Gasteiger partial charge in [0.1, 0.15) is 0 Å². The van der Waals surface area contributed by atoms with E-state index in [0.29, 0.717) is 21.8 Å². The summed E-state index contributed by atoms with van der Waals surface area (Å²) in [6, 6.07) is 27.6. The van der Waals surface area contributed by atoms with Gasteiger partial charge in [-0.3, -0.25) is 14.4 Å². The molecular weight excluding hydrogens is 606 g/mol. The first-order valence-electron chi connectivity index (χ1n) is 14.8. The van der Waals surface area contributed by atoms with Gasteiger partial charge in [-0.1, -0.05) is 66.2 Å². The summed E-state index contributed by atoms with van der Waals surface area (Å²) in [5.41, 5.74) is 4.63. The first-order valence-corrected chi connectivity index (χ1v) is 16.2. The number of anilines is 3. The topological polar surface area (TPSA) is 121 Å². The Morgan fingerprint density at radius 2 is 1.35 bits per heavy atom. The molecule has 0 N–H and O–H groups in total. The molecule has 4 aromatic rings. The quantitative estimate of drug-likeness (QED) is 0.243. The smallest absolute Gasteiger partial charge is 0.333 e. The van der Waals surface area contributed by atoms with Crippen LogP contribution < -0.4 is 9.21 Å². The van der Waals surface area contributed by atoms with Gasteiger partial charge in [0.15, 0.2) is 0 Å². The summed E-state index contributed by atoms with van der Waals surface area (Å²) in [7, 11) is -2.46. The highest BCUT2D eigenvalue weighted by atomic mass is 32.2. The molecule has 3 amide bonds. The van der Waals surface area contributed by atoms with Crippen LogP contribution in [0.2, 0.25) is 0 Å². The van der Waals surface area contributed by atoms with Gasteiger partial charge in [0, 0.05) is 31.3 Å². The maximum atomic E-state index is 14.7. The molecule has 4 aromatic carbocycles. The van der Waals surface area contributed by atoms with Crippen molar-refractivity contribution in [1.29, 1.82) is 0 Å². The summed E-state index contributed by atoms with van der Waals surface area (Å²) >= 11 is 0. The van der Waals surface area contributed by atoms with Gasteiger partial charge in [-0.25, -0.2) is 17.5 Å². The standard InChI is InChI=1S/C35H31N3O7S/c1-23-11-18-26(19-12-23)46(43,44)38(25-16-13-24(14-17-25)15-22-33(41)45-37-31(39)20-21-32(37)40)35(42)34-27-7-3-5-9-29(27)36(2)30-10-6-4-8-28(30)34/h3-14,16-19,34H,15,20-22H2,1-2H3. The third-order valence-electron chi connectivity index (χ3n) is 8.21. The van der Waals surface area contributed by atoms with E-state index in [1.54, 1.807) is 24.3 Å². The van der Waals surface area contributed by atoms with Crippen molar-refractivity contribution in [1.82, 2.24) is 5.06 Å². The lowest BCUT2D eigenvalue weighted by atomic mass is 9.84. The molecule has 0 spiro atoms. The Balaban J connectivity index is 1.34. The molecule has 0 unspecified atom stereocenters. The summed E-state index contributed by atoms with van der Waals surface area (Å²) in [6.45, 7) is 1.85. The van der Waals surface area contributed by atoms with Gasteiger partial charge in [0.25, 0.3) is 27.7 Å². The molecule has 2 aliphatic heterocycles. The second-order valence-corrected chi connectivity index (χ2v) is 13.0. The predicted octanol–water partition coefficient (Wildman–Crippen LogP) is 5.17. The van der Waals surface area contributed by atoms with Crippen molar-refractivity contribution in [2.75, 3.05) is 16.3 Å². The summed E-state index contributed by atoms with van der Waals surface area (Å²) in [4.78, 5) is 57.5. The van der Waals surface area contributed by atoms with Gasteiger partial charge >= 0.3 is 5.97 Å². The fourth-order valence-corrected chi connectivity index (χ4v) is 7.24. The SMILES string of the molecule is Cc1ccc(S(=O)(=O)N(C(=O)C2c3ccccc3N(C)c3ccccc32)c2ccc(CCC(=O)ON3C(=O)CCC3=O)cc2)cc1. The molecule has 0 radical (unpaired) electrons. The lowest BCUT2D eigenvalue weighted by Gasteiger charge is -2.36. The average molecular weight is 638 g/mol. The Labute approximate surface area is 266 Å². The highest BCUT2D eigenvalue weighted by Crippen LogP contribution is 2.46. The number of carbonyl (C=O) groups excluding carboxylic acids is 4. The normalized spacial score (nSPS) is 14.6. The number of hydrogen-bond acceptors (Lipinski definition) is 8. The summed E-state index contributed by atoms with van der Waals surface area (Å²) in [5.74, 6) is -3.40. The first kappa shape index (κ1) is 30.7. The van der Waals surface area contributed by atoms with Crippen molar-refractivity contribution in [3.8, 4) is 0 Å². The van der Waals surface area contributed by atoms with E-state index in [-0.39, 0.29) is 36.3 Å². The number of hydrogen-bond donors (Lipinski definition) is 0. The zero-order valence-electron chi connectivity index (χ0n) is 25.3. The third kappa shape index (κ3) is 5.65. The number of rotatable bonds is 8. The van der Waals surface area contributed by atoms with Crippen molar-refractivity contribution < 1.29 is 32.4 Å². The second kappa shape index (κ2) is 12.2. The molecule has 0 atom stereocenters. The van der Waals surface area contributed by atoms with Crippen molar-refractivity contribution in [2.24, 2.45) is 0 Å². The van der Waals surface area contributed by atoms with Crippen molar-refractivity contribution in [3.63, 3.8) is 0 Å². The van der Waals surface area contributed by atoms with Gasteiger partial charge in [-0.2, -0.15) is 0 Å². The van der Waals surface area contributed by atoms with Gasteiger partial charge in [0.05, 0.1) is 22.9 Å². The van der Waals surface area contributed by atoms with Gasteiger partial charge in [0.2, 0.25) is 0 Å². The molecule has 0 aromatic heterocycles. The van der Waals surface area contributed by atoms with Crippen LogP contribution in [0.1, 0.15) is 47.4 Å². The molecule has 0 aliphatic carbocycles. The van der Waals surface area contributed by atoms with Crippen LogP contribution >= 0.6 is 0 Å². The van der Waals surface area contributed by atoms with E-state index >= 15 is 0 Å². The van der Waals surface area contributed by atoms with Crippen LogP contribution in [0.4, 0.5) is 17.1 Å². The first-order chi connectivity index (χ1) is 22.1. The van der Waals surface area contributed by atoms with Crippen LogP contribution in [0, 0.1) is 6.92 Å². The number of carbonyl (C=O) groups is 4. The molecule has 1 saturated heterocycles. The van der Waals surface area contributed by atoms with Crippen molar-refractivity contribution in [2.45, 2.75) is 43.4 Å². The van der Waals surface area contributed by atoms with Gasteiger partial charge in [-0.05, 0) is 66.4 Å². The zero-order valence-corrected chi connectivity index (χ0v) is 26.1. The number of para-hydroxylation sites is 2. The Hall–Kier alpha value is -5.29. The number of aryl methyl sites for hydroxylation is 2. The average Bonchev–Trinajstić information content (AvgIpc) is 3.37. The van der Waals surface area contributed by atoms with E-state index in [4.69, 9.17) is 4.84 Å². The Kier molecular flexibility index (Phi) is 8.18. The van der Waals surface area contributed by atoms with Crippen molar-refractivity contribution >= 4 is 50.8 Å². The Morgan fingerprint density at radius 3 is 1.91 bits per heavy atom. The molecule has 6 rings (SSSR count). The maximum absolute atomic E-state index is 14.7. The molecule has 1 fully saturated rings. The Morgan fingerprint density at radius 1 is 0.804 bits per heavy atom. The number of nitrogens with zero attached hydrogens (tertiary/aromatic N) is 3. The highest BCUT2D eigenvalue weighted by molar-refractivity contribution is 7.93. The van der Waals surface area contributed by atoms with E-state index in [0.717, 1.165) is 21.2 Å². The molecular formula is C35H31N3O7S. The molecule has 10 nitrogen and oxygen atoms in total. The molecule has 2 aliphatic rings. The molecule has 2 heterocycles. The van der Waals surface area contributed by atoms with Crippen molar-refractivity contribution in [3.05, 3.63) is 119 Å². The number of amides is 3. The van der Waals surface area contributed by atoms with Crippen LogP contribution in [-0.4, -0.2) is 44.2 Å². The fraction of sp³-hybridized carbons (Fsp3) is 0.200. The summed E-state index contributed by atoms with van der Waals surface area (Å²) in [6.07, 6.45) is 0.0830. The van der Waals surface area contributed by atoms with Crippen LogP contribution in [0.25, 0.3) is 0 Å². The molecule has 11 heteroatoms. The zero-order chi connectivity index (χ0) is 32.6. The molecule has 0 saturated carbocycles. The van der Waals surface area contributed by atoms with E-state index in [9.17, 15) is 27.6 Å². The molecule has 0 bridgehead atoms. The highest BCUT2D eigenvalue weighted by Gasteiger charge is 2.41. The van der Waals surface area contributed by atoms with Crippen LogP contribution in [0.5, 0.6) is 0 Å². The van der Waals surface area contributed by atoms with E-state index < -0.39 is 39.6 Å². The predicted molar refractivity (Wildman–Crippen MR) is 171 cm³/mol. The Bertz CT molecular complexity index is 1890. The van der Waals surface area contributed by atoms with Gasteiger partial charge < -0.3 is 9.74 Å². The second-order valence-electron chi connectivity index (χ2n) is 11.2. The van der Waals surface area contributed by atoms with Crippen LogP contribution in [0.3, 0.4) is 0 Å². The number of fused-ring (bicyclic) bond motifs is 2. The summed E-state index contributed by atoms with van der Waals surface area (Å²) in [5, 5.41) is 0.504. The van der Waals surface area contributed by atoms with Gasteiger partial charge in [-0.15, -0.1) is 5.06 Å². The minimum atomic E-state index is -4.37. The van der Waals surface area contributed by atoms with E-state index in [2.05, 4.69) is 0 Å². The number of hydroxylamine groups is 2. The molecule has 234 valence electrons. The monoisotopic (exact) mass is 637 g/mol. The van der Waals surface area contributed by atoms with E-state index in [1.165, 1.54) is 24.3 Å². The minimum Gasteiger partial charge on any atom is -0.344 e. The number of imide groups is 1. The van der Waals surface area contributed by atoms with Crippen LogP contribution in [0.15, 0.2) is 102 Å². The van der Waals surface area contributed by atoms with E-state index in [1.807, 2.05) is 67.4 Å². The minimum absolute atomic E-state index is 0.00300. The fourth-order valence-electron chi connectivity index (χ4n) is 5.80. The lowest BCUT2D eigenvalue weighted by Crippen LogP contribution is -2.42. The maximum Gasteiger partial charge on any atom is 0.333 e. The molecule has 46 heavy (non-hydrogen) atoms. The third-order valence-corrected chi connectivity index (χ3v) is 9.95.